The van der Waals surface area contributed by atoms with Gasteiger partial charge >= 0.3 is 0 Å². The van der Waals surface area contributed by atoms with E-state index in [4.69, 9.17) is 0 Å². The van der Waals surface area contributed by atoms with Crippen molar-refractivity contribution in [2.24, 2.45) is 5.92 Å². The number of carbonyl (C=O) groups excluding carboxylic acids is 3. The lowest BCUT2D eigenvalue weighted by atomic mass is 10.1. The summed E-state index contributed by atoms with van der Waals surface area (Å²) in [5.74, 6) is -0.131. The Bertz CT molecular complexity index is 929. The zero-order valence-electron chi connectivity index (χ0n) is 17.1. The minimum atomic E-state index is -0.207. The zero-order chi connectivity index (χ0) is 21.3. The van der Waals surface area contributed by atoms with Gasteiger partial charge in [-0.2, -0.15) is 0 Å². The molecule has 2 aromatic rings. The van der Waals surface area contributed by atoms with Crippen LogP contribution < -0.4 is 16.0 Å². The molecular formula is C24H27N3O3. The molecule has 0 aliphatic heterocycles. The van der Waals surface area contributed by atoms with Crippen LogP contribution in [0, 0.1) is 5.92 Å². The van der Waals surface area contributed by atoms with Crippen LogP contribution in [0.2, 0.25) is 0 Å². The molecule has 3 N–H and O–H groups in total. The molecule has 3 rings (SSSR count). The fourth-order valence-corrected chi connectivity index (χ4v) is 3.49. The van der Waals surface area contributed by atoms with Gasteiger partial charge in [0, 0.05) is 36.8 Å². The third-order valence-corrected chi connectivity index (χ3v) is 5.05. The van der Waals surface area contributed by atoms with Crippen LogP contribution in [0.25, 0.3) is 6.08 Å². The van der Waals surface area contributed by atoms with E-state index in [-0.39, 0.29) is 23.6 Å². The van der Waals surface area contributed by atoms with E-state index in [1.54, 1.807) is 18.2 Å². The highest BCUT2D eigenvalue weighted by atomic mass is 16.2. The predicted octanol–water partition coefficient (Wildman–Crippen LogP) is 4.10. The number of hydrogen-bond donors (Lipinski definition) is 3. The maximum atomic E-state index is 12.3. The predicted molar refractivity (Wildman–Crippen MR) is 119 cm³/mol. The van der Waals surface area contributed by atoms with E-state index < -0.39 is 0 Å². The number of carbonyl (C=O) groups is 3. The average molecular weight is 405 g/mol. The summed E-state index contributed by atoms with van der Waals surface area (Å²) in [6.07, 6.45) is 7.35. The molecule has 1 aliphatic carbocycles. The highest BCUT2D eigenvalue weighted by Crippen LogP contribution is 2.26. The van der Waals surface area contributed by atoms with Crippen molar-refractivity contribution in [3.8, 4) is 0 Å². The largest absolute Gasteiger partial charge is 0.348 e. The van der Waals surface area contributed by atoms with E-state index in [2.05, 4.69) is 16.0 Å². The molecule has 1 saturated carbocycles. The van der Waals surface area contributed by atoms with Crippen LogP contribution in [0.4, 0.5) is 11.4 Å². The van der Waals surface area contributed by atoms with E-state index >= 15 is 0 Å². The Hall–Kier alpha value is -3.41. The first kappa shape index (κ1) is 21.3. The SMILES string of the molecule is CC(=O)Nc1ccc(/C=C/C(=O)NCc2cccc(NC(=O)C3CCCC3)c2)cc1. The Labute approximate surface area is 176 Å². The molecular weight excluding hydrogens is 378 g/mol. The smallest absolute Gasteiger partial charge is 0.244 e. The van der Waals surface area contributed by atoms with E-state index in [1.165, 1.54) is 13.0 Å². The summed E-state index contributed by atoms with van der Waals surface area (Å²) >= 11 is 0. The fraction of sp³-hybridized carbons (Fsp3) is 0.292. The van der Waals surface area contributed by atoms with Crippen LogP contribution in [0.5, 0.6) is 0 Å². The maximum Gasteiger partial charge on any atom is 0.244 e. The normalized spacial score (nSPS) is 13.9. The van der Waals surface area contributed by atoms with Gasteiger partial charge in [-0.1, -0.05) is 37.1 Å². The van der Waals surface area contributed by atoms with Gasteiger partial charge in [0.15, 0.2) is 0 Å². The lowest BCUT2D eigenvalue weighted by Gasteiger charge is -2.11. The van der Waals surface area contributed by atoms with Gasteiger partial charge in [-0.3, -0.25) is 14.4 Å². The standard InChI is InChI=1S/C24H27N3O3/c1-17(28)26-21-12-9-18(10-13-21)11-14-23(29)25-16-19-5-4-8-22(15-19)27-24(30)20-6-2-3-7-20/h4-5,8-15,20H,2-3,6-7,16H2,1H3,(H,25,29)(H,26,28)(H,27,30)/b14-11+. The Morgan fingerprint density at radius 2 is 1.70 bits per heavy atom. The number of nitrogens with one attached hydrogen (secondary N) is 3. The summed E-state index contributed by atoms with van der Waals surface area (Å²) < 4.78 is 0. The Morgan fingerprint density at radius 3 is 2.40 bits per heavy atom. The van der Waals surface area contributed by atoms with Gasteiger partial charge in [0.05, 0.1) is 0 Å². The van der Waals surface area contributed by atoms with Crippen molar-refractivity contribution in [3.05, 3.63) is 65.7 Å². The third-order valence-electron chi connectivity index (χ3n) is 5.05. The van der Waals surface area contributed by atoms with Crippen LogP contribution in [0.1, 0.15) is 43.7 Å². The van der Waals surface area contributed by atoms with Gasteiger partial charge in [0.2, 0.25) is 17.7 Å². The quantitative estimate of drug-likeness (QED) is 0.606. The van der Waals surface area contributed by atoms with Crippen LogP contribution in [0.15, 0.2) is 54.6 Å². The molecule has 156 valence electrons. The molecule has 0 saturated heterocycles. The van der Waals surface area contributed by atoms with Gasteiger partial charge in [-0.15, -0.1) is 0 Å². The topological polar surface area (TPSA) is 87.3 Å². The van der Waals surface area contributed by atoms with E-state index in [0.717, 1.165) is 42.5 Å². The Balaban J connectivity index is 1.48. The molecule has 3 amide bonds. The van der Waals surface area contributed by atoms with Crippen molar-refractivity contribution in [3.63, 3.8) is 0 Å². The first-order valence-corrected chi connectivity index (χ1v) is 10.2. The second-order valence-corrected chi connectivity index (χ2v) is 7.53. The summed E-state index contributed by atoms with van der Waals surface area (Å²) in [7, 11) is 0. The van der Waals surface area contributed by atoms with E-state index in [0.29, 0.717) is 12.2 Å². The van der Waals surface area contributed by atoms with Crippen molar-refractivity contribution >= 4 is 35.2 Å². The molecule has 6 heteroatoms. The monoisotopic (exact) mass is 405 g/mol. The van der Waals surface area contributed by atoms with Gasteiger partial charge in [-0.25, -0.2) is 0 Å². The summed E-state index contributed by atoms with van der Waals surface area (Å²) in [5, 5.41) is 8.53. The molecule has 0 bridgehead atoms. The highest BCUT2D eigenvalue weighted by molar-refractivity contribution is 5.93. The van der Waals surface area contributed by atoms with Gasteiger partial charge in [0.1, 0.15) is 0 Å². The first-order chi connectivity index (χ1) is 14.5. The second-order valence-electron chi connectivity index (χ2n) is 7.53. The van der Waals surface area contributed by atoms with Crippen molar-refractivity contribution in [2.45, 2.75) is 39.2 Å². The van der Waals surface area contributed by atoms with Crippen molar-refractivity contribution in [1.82, 2.24) is 5.32 Å². The summed E-state index contributed by atoms with van der Waals surface area (Å²) in [6, 6.07) is 14.8. The second kappa shape index (κ2) is 10.4. The number of rotatable bonds is 7. The first-order valence-electron chi connectivity index (χ1n) is 10.2. The number of hydrogen-bond acceptors (Lipinski definition) is 3. The molecule has 0 aromatic heterocycles. The van der Waals surface area contributed by atoms with E-state index in [1.807, 2.05) is 36.4 Å². The molecule has 2 aromatic carbocycles. The maximum absolute atomic E-state index is 12.3. The number of benzene rings is 2. The van der Waals surface area contributed by atoms with Crippen molar-refractivity contribution < 1.29 is 14.4 Å². The lowest BCUT2D eigenvalue weighted by molar-refractivity contribution is -0.119. The molecule has 0 heterocycles. The third kappa shape index (κ3) is 6.58. The summed E-state index contributed by atoms with van der Waals surface area (Å²) in [4.78, 5) is 35.4. The summed E-state index contributed by atoms with van der Waals surface area (Å²) in [5.41, 5.74) is 3.24. The van der Waals surface area contributed by atoms with Gasteiger partial charge < -0.3 is 16.0 Å². The molecule has 1 aliphatic rings. The molecule has 0 atom stereocenters. The average Bonchev–Trinajstić information content (AvgIpc) is 3.27. The highest BCUT2D eigenvalue weighted by Gasteiger charge is 2.22. The summed E-state index contributed by atoms with van der Waals surface area (Å²) in [6.45, 7) is 1.83. The van der Waals surface area contributed by atoms with Crippen molar-refractivity contribution in [1.29, 1.82) is 0 Å². The van der Waals surface area contributed by atoms with Gasteiger partial charge in [-0.05, 0) is 54.3 Å². The van der Waals surface area contributed by atoms with Crippen LogP contribution >= 0.6 is 0 Å². The Kier molecular flexibility index (Phi) is 7.38. The van der Waals surface area contributed by atoms with Crippen LogP contribution in [-0.2, 0) is 20.9 Å². The zero-order valence-corrected chi connectivity index (χ0v) is 17.1. The molecule has 0 radical (unpaired) electrons. The molecule has 0 unspecified atom stereocenters. The molecule has 30 heavy (non-hydrogen) atoms. The number of anilines is 2. The van der Waals surface area contributed by atoms with Crippen LogP contribution in [-0.4, -0.2) is 17.7 Å². The Morgan fingerprint density at radius 1 is 0.967 bits per heavy atom. The molecule has 6 nitrogen and oxygen atoms in total. The van der Waals surface area contributed by atoms with Crippen molar-refractivity contribution in [2.75, 3.05) is 10.6 Å². The molecule has 0 spiro atoms. The van der Waals surface area contributed by atoms with E-state index in [9.17, 15) is 14.4 Å². The minimum Gasteiger partial charge on any atom is -0.348 e. The van der Waals surface area contributed by atoms with Gasteiger partial charge in [0.25, 0.3) is 0 Å². The fourth-order valence-electron chi connectivity index (χ4n) is 3.49. The molecule has 1 fully saturated rings. The lowest BCUT2D eigenvalue weighted by Crippen LogP contribution is -2.21. The number of amides is 3. The minimum absolute atomic E-state index is 0.0844. The van der Waals surface area contributed by atoms with Crippen LogP contribution in [0.3, 0.4) is 0 Å².